The van der Waals surface area contributed by atoms with Crippen molar-refractivity contribution in [2.24, 2.45) is 0 Å². The molecule has 0 fully saturated rings. The highest BCUT2D eigenvalue weighted by Gasteiger charge is 2.37. The molecule has 1 amide bonds. The molecule has 1 aliphatic rings. The number of fused-ring (bicyclic) bond motifs is 1. The SMILES string of the molecule is Cc1ccccc1S(=O)(=O)C(C)C(=O)N1c2ccccc2CCC1C. The Balaban J connectivity index is 1.99. The number of hydrogen-bond acceptors (Lipinski definition) is 3. The zero-order valence-corrected chi connectivity index (χ0v) is 15.6. The summed E-state index contributed by atoms with van der Waals surface area (Å²) in [7, 11) is -3.74. The first-order valence-corrected chi connectivity index (χ1v) is 10.1. The van der Waals surface area contributed by atoms with Crippen LogP contribution >= 0.6 is 0 Å². The summed E-state index contributed by atoms with van der Waals surface area (Å²) in [5.74, 6) is -0.358. The lowest BCUT2D eigenvalue weighted by Crippen LogP contribution is -2.48. The maximum atomic E-state index is 13.1. The van der Waals surface area contributed by atoms with Crippen LogP contribution in [0.15, 0.2) is 53.4 Å². The van der Waals surface area contributed by atoms with Gasteiger partial charge in [-0.1, -0.05) is 36.4 Å². The Morgan fingerprint density at radius 2 is 1.76 bits per heavy atom. The van der Waals surface area contributed by atoms with Gasteiger partial charge in [0.2, 0.25) is 5.91 Å². The highest BCUT2D eigenvalue weighted by Crippen LogP contribution is 2.32. The third-order valence-electron chi connectivity index (χ3n) is 4.97. The van der Waals surface area contributed by atoms with Gasteiger partial charge in [-0.2, -0.15) is 0 Å². The molecule has 0 radical (unpaired) electrons. The van der Waals surface area contributed by atoms with Crippen LogP contribution in [0.2, 0.25) is 0 Å². The van der Waals surface area contributed by atoms with Crippen molar-refractivity contribution < 1.29 is 13.2 Å². The van der Waals surface area contributed by atoms with E-state index >= 15 is 0 Å². The number of para-hydroxylation sites is 1. The number of carbonyl (C=O) groups excluding carboxylic acids is 1. The van der Waals surface area contributed by atoms with Crippen LogP contribution in [0, 0.1) is 6.92 Å². The molecular formula is C20H23NO3S. The predicted molar refractivity (Wildman–Crippen MR) is 99.5 cm³/mol. The third-order valence-corrected chi connectivity index (χ3v) is 7.18. The zero-order chi connectivity index (χ0) is 18.2. The molecule has 0 aliphatic carbocycles. The minimum Gasteiger partial charge on any atom is -0.308 e. The van der Waals surface area contributed by atoms with Gasteiger partial charge in [-0.05, 0) is 56.9 Å². The van der Waals surface area contributed by atoms with Crippen LogP contribution in [0.3, 0.4) is 0 Å². The standard InChI is InChI=1S/C20H23NO3S/c1-14-8-4-7-11-19(14)25(23,24)16(3)20(22)21-15(2)12-13-17-9-5-6-10-18(17)21/h4-11,15-16H,12-13H2,1-3H3. The summed E-state index contributed by atoms with van der Waals surface area (Å²) in [6, 6.07) is 14.5. The van der Waals surface area contributed by atoms with Gasteiger partial charge >= 0.3 is 0 Å². The van der Waals surface area contributed by atoms with Crippen molar-refractivity contribution in [3.8, 4) is 0 Å². The third kappa shape index (κ3) is 3.09. The summed E-state index contributed by atoms with van der Waals surface area (Å²) in [6.45, 7) is 5.22. The molecule has 5 heteroatoms. The van der Waals surface area contributed by atoms with Crippen LogP contribution in [0.4, 0.5) is 5.69 Å². The molecule has 0 spiro atoms. The van der Waals surface area contributed by atoms with Crippen LogP contribution in [0.1, 0.15) is 31.4 Å². The second-order valence-electron chi connectivity index (χ2n) is 6.68. The van der Waals surface area contributed by atoms with Crippen molar-refractivity contribution in [3.05, 3.63) is 59.7 Å². The van der Waals surface area contributed by atoms with Crippen LogP contribution in [-0.4, -0.2) is 25.6 Å². The largest absolute Gasteiger partial charge is 0.308 e. The first kappa shape index (κ1) is 17.7. The fraction of sp³-hybridized carbons (Fsp3) is 0.350. The Hall–Kier alpha value is -2.14. The fourth-order valence-electron chi connectivity index (χ4n) is 3.42. The van der Waals surface area contributed by atoms with Gasteiger partial charge in [0.05, 0.1) is 4.90 Å². The highest BCUT2D eigenvalue weighted by molar-refractivity contribution is 7.92. The molecule has 25 heavy (non-hydrogen) atoms. The topological polar surface area (TPSA) is 54.5 Å². The summed E-state index contributed by atoms with van der Waals surface area (Å²) >= 11 is 0. The molecule has 0 saturated carbocycles. The van der Waals surface area contributed by atoms with Crippen molar-refractivity contribution in [2.75, 3.05) is 4.90 Å². The van der Waals surface area contributed by atoms with E-state index in [1.54, 1.807) is 36.1 Å². The van der Waals surface area contributed by atoms with Crippen molar-refractivity contribution >= 4 is 21.4 Å². The van der Waals surface area contributed by atoms with Crippen molar-refractivity contribution in [1.82, 2.24) is 0 Å². The van der Waals surface area contributed by atoms with E-state index in [4.69, 9.17) is 0 Å². The summed E-state index contributed by atoms with van der Waals surface area (Å²) in [6.07, 6.45) is 1.74. The minimum absolute atomic E-state index is 0.0167. The highest BCUT2D eigenvalue weighted by atomic mass is 32.2. The molecule has 0 saturated heterocycles. The molecule has 2 unspecified atom stereocenters. The number of sulfone groups is 1. The van der Waals surface area contributed by atoms with E-state index in [0.717, 1.165) is 24.1 Å². The summed E-state index contributed by atoms with van der Waals surface area (Å²) in [5, 5.41) is -1.12. The van der Waals surface area contributed by atoms with E-state index in [1.165, 1.54) is 6.92 Å². The Labute approximate surface area is 149 Å². The van der Waals surface area contributed by atoms with E-state index in [2.05, 4.69) is 0 Å². The molecule has 0 aromatic heterocycles. The van der Waals surface area contributed by atoms with Crippen molar-refractivity contribution in [1.29, 1.82) is 0 Å². The Kier molecular flexibility index (Phi) is 4.69. The first-order valence-electron chi connectivity index (χ1n) is 8.54. The monoisotopic (exact) mass is 357 g/mol. The molecular weight excluding hydrogens is 334 g/mol. The molecule has 1 heterocycles. The average molecular weight is 357 g/mol. The number of carbonyl (C=O) groups is 1. The number of anilines is 1. The van der Waals surface area contributed by atoms with Crippen LogP contribution in [0.25, 0.3) is 0 Å². The molecule has 132 valence electrons. The Morgan fingerprint density at radius 3 is 2.48 bits per heavy atom. The van der Waals surface area contributed by atoms with Crippen molar-refractivity contribution in [3.63, 3.8) is 0 Å². The van der Waals surface area contributed by atoms with Crippen LogP contribution < -0.4 is 4.90 Å². The second kappa shape index (κ2) is 6.64. The lowest BCUT2D eigenvalue weighted by atomic mass is 9.96. The average Bonchev–Trinajstić information content (AvgIpc) is 2.60. The van der Waals surface area contributed by atoms with E-state index in [-0.39, 0.29) is 16.8 Å². The van der Waals surface area contributed by atoms with E-state index in [9.17, 15) is 13.2 Å². The van der Waals surface area contributed by atoms with Crippen LogP contribution in [0.5, 0.6) is 0 Å². The molecule has 0 N–H and O–H groups in total. The Bertz CT molecular complexity index is 905. The quantitative estimate of drug-likeness (QED) is 0.844. The fourth-order valence-corrected chi connectivity index (χ4v) is 4.96. The molecule has 0 bridgehead atoms. The van der Waals surface area contributed by atoms with Gasteiger partial charge in [0.15, 0.2) is 9.84 Å². The number of amides is 1. The van der Waals surface area contributed by atoms with Gasteiger partial charge in [0, 0.05) is 11.7 Å². The molecule has 2 aromatic rings. The van der Waals surface area contributed by atoms with Gasteiger partial charge in [0.25, 0.3) is 0 Å². The lowest BCUT2D eigenvalue weighted by Gasteiger charge is -2.36. The molecule has 1 aliphatic heterocycles. The Morgan fingerprint density at radius 1 is 1.12 bits per heavy atom. The number of benzene rings is 2. The maximum Gasteiger partial charge on any atom is 0.245 e. The first-order chi connectivity index (χ1) is 11.8. The number of hydrogen-bond donors (Lipinski definition) is 0. The maximum absolute atomic E-state index is 13.1. The second-order valence-corrected chi connectivity index (χ2v) is 8.91. The number of aryl methyl sites for hydroxylation is 2. The smallest absolute Gasteiger partial charge is 0.245 e. The van der Waals surface area contributed by atoms with Gasteiger partial charge in [-0.25, -0.2) is 8.42 Å². The lowest BCUT2D eigenvalue weighted by molar-refractivity contribution is -0.118. The molecule has 2 aromatic carbocycles. The molecule has 3 rings (SSSR count). The summed E-state index contributed by atoms with van der Waals surface area (Å²) < 4.78 is 26.0. The molecule has 4 nitrogen and oxygen atoms in total. The van der Waals surface area contributed by atoms with Crippen LogP contribution in [-0.2, 0) is 21.1 Å². The predicted octanol–water partition coefficient (Wildman–Crippen LogP) is 3.53. The summed E-state index contributed by atoms with van der Waals surface area (Å²) in [4.78, 5) is 15.0. The van der Waals surface area contributed by atoms with Gasteiger partial charge < -0.3 is 4.90 Å². The molecule has 2 atom stereocenters. The normalized spacial score (nSPS) is 18.5. The van der Waals surface area contributed by atoms with Gasteiger partial charge in [-0.15, -0.1) is 0 Å². The van der Waals surface area contributed by atoms with Crippen molar-refractivity contribution in [2.45, 2.75) is 49.8 Å². The summed E-state index contributed by atoms with van der Waals surface area (Å²) in [5.41, 5.74) is 2.58. The van der Waals surface area contributed by atoms with Gasteiger partial charge in [-0.3, -0.25) is 4.79 Å². The number of rotatable bonds is 3. The minimum atomic E-state index is -3.74. The number of nitrogens with zero attached hydrogens (tertiary/aromatic N) is 1. The van der Waals surface area contributed by atoms with E-state index in [1.807, 2.05) is 31.2 Å². The zero-order valence-electron chi connectivity index (χ0n) is 14.8. The van der Waals surface area contributed by atoms with E-state index < -0.39 is 15.1 Å². The van der Waals surface area contributed by atoms with E-state index in [0.29, 0.717) is 5.56 Å². The van der Waals surface area contributed by atoms with Gasteiger partial charge in [0.1, 0.15) is 5.25 Å².